The summed E-state index contributed by atoms with van der Waals surface area (Å²) in [6, 6.07) is 5.52. The fourth-order valence-electron chi connectivity index (χ4n) is 1.22. The number of halogens is 2. The normalized spacial score (nSPS) is 11.9. The Morgan fingerprint density at radius 2 is 1.93 bits per heavy atom. The van der Waals surface area contributed by atoms with Gasteiger partial charge in [-0.15, -0.1) is 0 Å². The van der Waals surface area contributed by atoms with E-state index in [-0.39, 0.29) is 0 Å². The van der Waals surface area contributed by atoms with E-state index < -0.39 is 0 Å². The van der Waals surface area contributed by atoms with E-state index in [2.05, 4.69) is 5.32 Å². The second-order valence-electron chi connectivity index (χ2n) is 3.16. The Labute approximate surface area is 94.7 Å². The molecule has 0 radical (unpaired) electrons. The summed E-state index contributed by atoms with van der Waals surface area (Å²) < 4.78 is 0. The van der Waals surface area contributed by atoms with Crippen molar-refractivity contribution in [3.8, 4) is 0 Å². The summed E-state index contributed by atoms with van der Waals surface area (Å²) in [6.45, 7) is 2.87. The molecule has 76 valence electrons. The summed E-state index contributed by atoms with van der Waals surface area (Å²) in [6.07, 6.45) is 2.00. The van der Waals surface area contributed by atoms with Crippen LogP contribution in [0.1, 0.15) is 12.5 Å². The maximum Gasteiger partial charge on any atom is 0.0493 e. The van der Waals surface area contributed by atoms with Crippen LogP contribution in [0.25, 0.3) is 6.08 Å². The van der Waals surface area contributed by atoms with E-state index in [0.29, 0.717) is 10.0 Å². The minimum atomic E-state index is 0.688. The van der Waals surface area contributed by atoms with Crippen LogP contribution in [-0.4, -0.2) is 13.6 Å². The number of rotatable bonds is 3. The van der Waals surface area contributed by atoms with Gasteiger partial charge in [0.15, 0.2) is 0 Å². The molecule has 0 aliphatic carbocycles. The van der Waals surface area contributed by atoms with Gasteiger partial charge in [-0.05, 0) is 26.1 Å². The summed E-state index contributed by atoms with van der Waals surface area (Å²) in [7, 11) is 1.91. The van der Waals surface area contributed by atoms with Crippen molar-refractivity contribution in [2.45, 2.75) is 6.92 Å². The average molecular weight is 230 g/mol. The van der Waals surface area contributed by atoms with Gasteiger partial charge >= 0.3 is 0 Å². The molecule has 0 bridgehead atoms. The zero-order valence-electron chi connectivity index (χ0n) is 8.27. The van der Waals surface area contributed by atoms with Crippen LogP contribution < -0.4 is 5.32 Å². The second-order valence-corrected chi connectivity index (χ2v) is 3.97. The standard InChI is InChI=1S/C11H13Cl2N/c1-8(7-14-2)6-9-10(12)4-3-5-11(9)13/h3-6,14H,7H2,1-2H3/b8-6+. The van der Waals surface area contributed by atoms with Crippen LogP contribution in [0.4, 0.5) is 0 Å². The number of nitrogens with one attached hydrogen (secondary N) is 1. The van der Waals surface area contributed by atoms with E-state index in [1.807, 2.05) is 38.2 Å². The Morgan fingerprint density at radius 1 is 1.36 bits per heavy atom. The van der Waals surface area contributed by atoms with E-state index in [4.69, 9.17) is 23.2 Å². The molecule has 0 amide bonds. The second kappa shape index (κ2) is 5.40. The van der Waals surface area contributed by atoms with Crippen LogP contribution in [-0.2, 0) is 0 Å². The summed E-state index contributed by atoms with van der Waals surface area (Å²) in [5.74, 6) is 0. The van der Waals surface area contributed by atoms with Crippen molar-refractivity contribution in [3.05, 3.63) is 39.4 Å². The van der Waals surface area contributed by atoms with E-state index in [1.54, 1.807) is 0 Å². The van der Waals surface area contributed by atoms with Crippen LogP contribution >= 0.6 is 23.2 Å². The Bertz CT molecular complexity index is 325. The van der Waals surface area contributed by atoms with Crippen LogP contribution in [0, 0.1) is 0 Å². The van der Waals surface area contributed by atoms with Crippen molar-refractivity contribution in [1.82, 2.24) is 5.32 Å². The molecule has 1 aromatic carbocycles. The fraction of sp³-hybridized carbons (Fsp3) is 0.273. The van der Waals surface area contributed by atoms with Gasteiger partial charge in [-0.3, -0.25) is 0 Å². The molecule has 1 rings (SSSR count). The Kier molecular flexibility index (Phi) is 4.46. The summed E-state index contributed by atoms with van der Waals surface area (Å²) in [5, 5.41) is 4.45. The molecule has 0 spiro atoms. The molecule has 0 saturated carbocycles. The van der Waals surface area contributed by atoms with Crippen LogP contribution in [0.15, 0.2) is 23.8 Å². The van der Waals surface area contributed by atoms with Gasteiger partial charge in [-0.25, -0.2) is 0 Å². The highest BCUT2D eigenvalue weighted by Crippen LogP contribution is 2.26. The molecule has 0 aromatic heterocycles. The highest BCUT2D eigenvalue weighted by atomic mass is 35.5. The van der Waals surface area contributed by atoms with Gasteiger partial charge in [0.05, 0.1) is 0 Å². The van der Waals surface area contributed by atoms with Gasteiger partial charge in [0.25, 0.3) is 0 Å². The minimum Gasteiger partial charge on any atom is -0.316 e. The third kappa shape index (κ3) is 3.02. The predicted molar refractivity (Wildman–Crippen MR) is 64.0 cm³/mol. The highest BCUT2D eigenvalue weighted by Gasteiger charge is 2.02. The molecule has 0 fully saturated rings. The van der Waals surface area contributed by atoms with E-state index >= 15 is 0 Å². The van der Waals surface area contributed by atoms with Crippen molar-refractivity contribution < 1.29 is 0 Å². The zero-order chi connectivity index (χ0) is 10.6. The lowest BCUT2D eigenvalue weighted by atomic mass is 10.1. The van der Waals surface area contributed by atoms with Crippen molar-refractivity contribution in [2.24, 2.45) is 0 Å². The first-order chi connectivity index (χ1) is 6.65. The molecular weight excluding hydrogens is 217 g/mol. The first-order valence-corrected chi connectivity index (χ1v) is 5.16. The smallest absolute Gasteiger partial charge is 0.0493 e. The molecule has 0 heterocycles. The molecule has 1 aromatic rings. The summed E-state index contributed by atoms with van der Waals surface area (Å²) >= 11 is 12.0. The first kappa shape index (κ1) is 11.6. The maximum atomic E-state index is 6.02. The molecule has 3 heteroatoms. The predicted octanol–water partition coefficient (Wildman–Crippen LogP) is 3.62. The minimum absolute atomic E-state index is 0.688. The summed E-state index contributed by atoms with van der Waals surface area (Å²) in [4.78, 5) is 0. The van der Waals surface area contributed by atoms with Crippen LogP contribution in [0.2, 0.25) is 10.0 Å². The molecule has 0 atom stereocenters. The van der Waals surface area contributed by atoms with Crippen LogP contribution in [0.5, 0.6) is 0 Å². The monoisotopic (exact) mass is 229 g/mol. The molecule has 0 aliphatic rings. The average Bonchev–Trinajstić information content (AvgIpc) is 2.12. The molecule has 0 saturated heterocycles. The van der Waals surface area contributed by atoms with Crippen molar-refractivity contribution in [2.75, 3.05) is 13.6 Å². The molecule has 1 nitrogen and oxygen atoms in total. The highest BCUT2D eigenvalue weighted by molar-refractivity contribution is 6.37. The third-order valence-electron chi connectivity index (χ3n) is 1.85. The van der Waals surface area contributed by atoms with Crippen LogP contribution in [0.3, 0.4) is 0 Å². The topological polar surface area (TPSA) is 12.0 Å². The number of hydrogen-bond acceptors (Lipinski definition) is 1. The Morgan fingerprint density at radius 3 is 2.43 bits per heavy atom. The zero-order valence-corrected chi connectivity index (χ0v) is 9.78. The quantitative estimate of drug-likeness (QED) is 0.836. The first-order valence-electron chi connectivity index (χ1n) is 4.41. The van der Waals surface area contributed by atoms with Gasteiger partial charge in [0, 0.05) is 22.2 Å². The van der Waals surface area contributed by atoms with E-state index in [1.165, 1.54) is 5.57 Å². The molecule has 1 N–H and O–H groups in total. The lowest BCUT2D eigenvalue weighted by Crippen LogP contribution is -2.08. The lowest BCUT2D eigenvalue weighted by molar-refractivity contribution is 0.884. The molecule has 0 aliphatic heterocycles. The van der Waals surface area contributed by atoms with E-state index in [0.717, 1.165) is 12.1 Å². The van der Waals surface area contributed by atoms with Gasteiger partial charge in [0.2, 0.25) is 0 Å². The summed E-state index contributed by atoms with van der Waals surface area (Å²) in [5.41, 5.74) is 2.09. The fourth-order valence-corrected chi connectivity index (χ4v) is 1.73. The molecule has 0 unspecified atom stereocenters. The SMILES string of the molecule is CNC/C(C)=C/c1c(Cl)cccc1Cl. The Hall–Kier alpha value is -0.500. The lowest BCUT2D eigenvalue weighted by Gasteiger charge is -2.04. The van der Waals surface area contributed by atoms with Gasteiger partial charge in [-0.1, -0.05) is 40.9 Å². The van der Waals surface area contributed by atoms with Gasteiger partial charge in [-0.2, -0.15) is 0 Å². The van der Waals surface area contributed by atoms with Crippen molar-refractivity contribution in [1.29, 1.82) is 0 Å². The number of likely N-dealkylation sites (N-methyl/N-ethyl adjacent to an activating group) is 1. The maximum absolute atomic E-state index is 6.02. The van der Waals surface area contributed by atoms with Crippen molar-refractivity contribution in [3.63, 3.8) is 0 Å². The van der Waals surface area contributed by atoms with Gasteiger partial charge in [0.1, 0.15) is 0 Å². The number of benzene rings is 1. The Balaban J connectivity index is 3.01. The molecular formula is C11H13Cl2N. The van der Waals surface area contributed by atoms with Gasteiger partial charge < -0.3 is 5.32 Å². The number of hydrogen-bond donors (Lipinski definition) is 1. The third-order valence-corrected chi connectivity index (χ3v) is 2.51. The molecule has 14 heavy (non-hydrogen) atoms. The van der Waals surface area contributed by atoms with Crippen molar-refractivity contribution >= 4 is 29.3 Å². The largest absolute Gasteiger partial charge is 0.316 e. The van der Waals surface area contributed by atoms with E-state index in [9.17, 15) is 0 Å².